The summed E-state index contributed by atoms with van der Waals surface area (Å²) in [6.45, 7) is 1.23. The Morgan fingerprint density at radius 3 is 2.63 bits per heavy atom. The molecule has 19 heavy (non-hydrogen) atoms. The van der Waals surface area contributed by atoms with Crippen LogP contribution in [-0.4, -0.2) is 13.2 Å². The Morgan fingerprint density at radius 2 is 1.84 bits per heavy atom. The van der Waals surface area contributed by atoms with Crippen LogP contribution in [-0.2, 0) is 4.74 Å². The Kier molecular flexibility index (Phi) is 3.45. The molecule has 92 valence electrons. The van der Waals surface area contributed by atoms with Crippen LogP contribution in [0, 0.1) is 12.5 Å². The van der Waals surface area contributed by atoms with Crippen molar-refractivity contribution in [2.45, 2.75) is 0 Å². The standard InChI is InChI=1S/C18H14O/c1-3-7-15(8-4-1)11-17-13-19-14-18(17)12-16-9-5-2-6-10-16/h1-10H,13-14H2. The molecule has 1 aliphatic carbocycles. The molecule has 0 radical (unpaired) electrons. The van der Waals surface area contributed by atoms with Gasteiger partial charge in [-0.05, 0) is 18.2 Å². The average Bonchev–Trinajstić information content (AvgIpc) is 2.88. The largest absolute Gasteiger partial charge is 0.359 e. The summed E-state index contributed by atoms with van der Waals surface area (Å²) < 4.78 is 5.52. The lowest BCUT2D eigenvalue weighted by atomic mass is 10.0. The fraction of sp³-hybridized carbons (Fsp3) is 0.111. The first kappa shape index (κ1) is 11.8. The van der Waals surface area contributed by atoms with Gasteiger partial charge in [-0.1, -0.05) is 11.3 Å². The number of hydrogen-bond donors (Lipinski definition) is 0. The molecule has 0 unspecified atom stereocenters. The van der Waals surface area contributed by atoms with Crippen LogP contribution >= 0.6 is 0 Å². The van der Waals surface area contributed by atoms with E-state index in [2.05, 4.69) is 11.8 Å². The van der Waals surface area contributed by atoms with E-state index in [9.17, 15) is 0 Å². The van der Waals surface area contributed by atoms with Crippen molar-refractivity contribution in [1.82, 2.24) is 0 Å². The third-order valence-corrected chi connectivity index (χ3v) is 3.00. The fourth-order valence-corrected chi connectivity index (χ4v) is 2.04. The maximum Gasteiger partial charge on any atom is 0.147 e. The van der Waals surface area contributed by atoms with Gasteiger partial charge in [-0.15, -0.1) is 0 Å². The van der Waals surface area contributed by atoms with Gasteiger partial charge in [0.05, 0.1) is 5.57 Å². The molecule has 1 aliphatic heterocycles. The molecule has 1 nitrogen and oxygen atoms in total. The minimum atomic E-state index is 0.615. The topological polar surface area (TPSA) is 9.23 Å². The van der Waals surface area contributed by atoms with E-state index in [0.29, 0.717) is 13.2 Å². The van der Waals surface area contributed by atoms with Crippen molar-refractivity contribution in [2.75, 3.05) is 13.2 Å². The summed E-state index contributed by atoms with van der Waals surface area (Å²) in [5, 5.41) is 0. The third-order valence-electron chi connectivity index (χ3n) is 3.00. The van der Waals surface area contributed by atoms with E-state index < -0.39 is 0 Å². The lowest BCUT2D eigenvalue weighted by Crippen LogP contribution is -1.87. The lowest BCUT2D eigenvalue weighted by Gasteiger charge is -2.04. The predicted octanol–water partition coefficient (Wildman–Crippen LogP) is 3.58. The Hall–Kier alpha value is -2.30. The molecule has 1 heterocycles. The summed E-state index contributed by atoms with van der Waals surface area (Å²) in [6, 6.07) is 10.1. The van der Waals surface area contributed by atoms with Crippen LogP contribution in [0.4, 0.5) is 0 Å². The molecule has 2 aliphatic rings. The smallest absolute Gasteiger partial charge is 0.147 e. The molecule has 3 rings (SSSR count). The van der Waals surface area contributed by atoms with Gasteiger partial charge in [-0.25, -0.2) is 0 Å². The normalized spacial score (nSPS) is 19.3. The molecule has 0 spiro atoms. The molecule has 0 bridgehead atoms. The number of hydrogen-bond acceptors (Lipinski definition) is 1. The maximum atomic E-state index is 5.52. The van der Waals surface area contributed by atoms with E-state index in [1.165, 1.54) is 0 Å². The summed E-state index contributed by atoms with van der Waals surface area (Å²) >= 11 is 0. The zero-order chi connectivity index (χ0) is 12.9. The summed E-state index contributed by atoms with van der Waals surface area (Å²) in [5.74, 6) is 0. The number of ether oxygens (including phenoxy) is 1. The molecule has 1 fully saturated rings. The highest BCUT2D eigenvalue weighted by Crippen LogP contribution is 2.20. The Balaban J connectivity index is 1.96. The average molecular weight is 246 g/mol. The predicted molar refractivity (Wildman–Crippen MR) is 76.2 cm³/mol. The minimum Gasteiger partial charge on any atom is -0.359 e. The molecule has 0 aromatic heterocycles. The molecule has 0 N–H and O–H groups in total. The Labute approximate surface area is 113 Å². The van der Waals surface area contributed by atoms with Crippen molar-refractivity contribution >= 4 is 0 Å². The second kappa shape index (κ2) is 5.56. The van der Waals surface area contributed by atoms with Crippen molar-refractivity contribution in [2.24, 2.45) is 0 Å². The summed E-state index contributed by atoms with van der Waals surface area (Å²) in [7, 11) is 0. The molecule has 0 atom stereocenters. The van der Waals surface area contributed by atoms with E-state index in [0.717, 1.165) is 22.3 Å². The molecule has 1 aromatic carbocycles. The van der Waals surface area contributed by atoms with Gasteiger partial charge in [0.25, 0.3) is 0 Å². The summed E-state index contributed by atoms with van der Waals surface area (Å²) in [5.41, 5.74) is 7.75. The highest BCUT2D eigenvalue weighted by Gasteiger charge is 2.20. The molecular weight excluding hydrogens is 232 g/mol. The summed E-state index contributed by atoms with van der Waals surface area (Å²) in [6.07, 6.45) is 13.5. The molecular formula is C18H14O. The van der Waals surface area contributed by atoms with Crippen molar-refractivity contribution in [3.05, 3.63) is 95.1 Å². The second-order valence-corrected chi connectivity index (χ2v) is 4.43. The van der Waals surface area contributed by atoms with Crippen LogP contribution in [0.15, 0.2) is 77.1 Å². The Morgan fingerprint density at radius 1 is 1.05 bits per heavy atom. The lowest BCUT2D eigenvalue weighted by molar-refractivity contribution is 0.215. The maximum absolute atomic E-state index is 5.52. The first-order valence-electron chi connectivity index (χ1n) is 6.36. The van der Waals surface area contributed by atoms with E-state index in [-0.39, 0.29) is 0 Å². The highest BCUT2D eigenvalue weighted by atomic mass is 16.5. The van der Waals surface area contributed by atoms with Crippen LogP contribution in [0.1, 0.15) is 5.56 Å². The van der Waals surface area contributed by atoms with Crippen molar-refractivity contribution < 1.29 is 4.74 Å². The van der Waals surface area contributed by atoms with Gasteiger partial charge in [0.2, 0.25) is 0 Å². The van der Waals surface area contributed by atoms with Crippen LogP contribution in [0.25, 0.3) is 0 Å². The fourth-order valence-electron chi connectivity index (χ4n) is 2.04. The van der Waals surface area contributed by atoms with Gasteiger partial charge < -0.3 is 4.74 Å². The monoisotopic (exact) mass is 246 g/mol. The molecule has 1 aromatic rings. The molecule has 1 saturated heterocycles. The second-order valence-electron chi connectivity index (χ2n) is 4.43. The van der Waals surface area contributed by atoms with Crippen molar-refractivity contribution in [3.8, 4) is 0 Å². The summed E-state index contributed by atoms with van der Waals surface area (Å²) in [4.78, 5) is 0. The molecule has 0 saturated carbocycles. The number of rotatable bonds is 1. The molecule has 1 heteroatoms. The Bertz CT molecular complexity index is 594. The van der Waals surface area contributed by atoms with Crippen LogP contribution in [0.2, 0.25) is 0 Å². The molecule has 0 amide bonds. The highest BCUT2D eigenvalue weighted by molar-refractivity contribution is 5.44. The minimum absolute atomic E-state index is 0.615. The van der Waals surface area contributed by atoms with E-state index in [1.807, 2.05) is 61.1 Å². The first-order valence-corrected chi connectivity index (χ1v) is 6.36. The van der Waals surface area contributed by atoms with E-state index in [4.69, 9.17) is 4.74 Å². The van der Waals surface area contributed by atoms with Gasteiger partial charge in [0, 0.05) is 18.2 Å². The SMILES string of the molecule is C(=C1C=C[CH-]C=C1)=C1COCC1=[C+]c1ccccc1. The van der Waals surface area contributed by atoms with Gasteiger partial charge >= 0.3 is 0 Å². The van der Waals surface area contributed by atoms with Crippen molar-refractivity contribution in [1.29, 1.82) is 0 Å². The van der Waals surface area contributed by atoms with Gasteiger partial charge in [-0.3, -0.25) is 0 Å². The first-order chi connectivity index (χ1) is 9.42. The zero-order valence-electron chi connectivity index (χ0n) is 10.6. The quantitative estimate of drug-likeness (QED) is 0.543. The van der Waals surface area contributed by atoms with Crippen LogP contribution < -0.4 is 0 Å². The van der Waals surface area contributed by atoms with E-state index in [1.54, 1.807) is 0 Å². The zero-order valence-corrected chi connectivity index (χ0v) is 10.6. The number of benzene rings is 1. The van der Waals surface area contributed by atoms with Crippen molar-refractivity contribution in [3.63, 3.8) is 0 Å². The van der Waals surface area contributed by atoms with Gasteiger partial charge in [0.1, 0.15) is 24.4 Å². The van der Waals surface area contributed by atoms with Crippen LogP contribution in [0.3, 0.4) is 0 Å². The number of allylic oxidation sites excluding steroid dienone is 4. The van der Waals surface area contributed by atoms with Crippen LogP contribution in [0.5, 0.6) is 0 Å². The van der Waals surface area contributed by atoms with E-state index >= 15 is 0 Å². The van der Waals surface area contributed by atoms with Gasteiger partial charge in [0.15, 0.2) is 0 Å². The van der Waals surface area contributed by atoms with Gasteiger partial charge in [-0.2, -0.15) is 30.7 Å². The third kappa shape index (κ3) is 2.93.